The fraction of sp³-hybridized carbons (Fsp3) is 0.143. The molecule has 0 saturated heterocycles. The van der Waals surface area contributed by atoms with Crippen LogP contribution in [0.5, 0.6) is 0 Å². The predicted octanol–water partition coefficient (Wildman–Crippen LogP) is 5.03. The zero-order valence-electron chi connectivity index (χ0n) is 9.29. The summed E-state index contributed by atoms with van der Waals surface area (Å²) < 4.78 is 39.5. The number of rotatable bonds is 2. The first kappa shape index (κ1) is 13.0. The highest BCUT2D eigenvalue weighted by atomic mass is 35.5. The van der Waals surface area contributed by atoms with E-state index in [2.05, 4.69) is 0 Å². The fourth-order valence-corrected chi connectivity index (χ4v) is 2.00. The quantitative estimate of drug-likeness (QED) is 0.718. The van der Waals surface area contributed by atoms with Gasteiger partial charge in [0.25, 0.3) is 0 Å². The molecule has 0 bridgehead atoms. The Morgan fingerprint density at radius 2 is 1.28 bits per heavy atom. The van der Waals surface area contributed by atoms with E-state index in [1.165, 1.54) is 36.4 Å². The first-order valence-electron chi connectivity index (χ1n) is 5.35. The standard InChI is InChI=1S/C14H10ClF3/c15-12-8-6-11(7-9-12)13(14(16,17)18)10-4-2-1-3-5-10/h1-9,13H. The Bertz CT molecular complexity index is 503. The van der Waals surface area contributed by atoms with E-state index < -0.39 is 12.1 Å². The maximum atomic E-state index is 13.2. The molecule has 2 rings (SSSR count). The number of benzene rings is 2. The van der Waals surface area contributed by atoms with Crippen molar-refractivity contribution in [1.82, 2.24) is 0 Å². The van der Waals surface area contributed by atoms with Gasteiger partial charge in [0.05, 0.1) is 0 Å². The molecule has 0 aromatic heterocycles. The van der Waals surface area contributed by atoms with E-state index in [1.807, 2.05) is 0 Å². The van der Waals surface area contributed by atoms with Crippen LogP contribution in [-0.2, 0) is 0 Å². The molecule has 0 fully saturated rings. The first-order chi connectivity index (χ1) is 8.48. The SMILES string of the molecule is FC(F)(F)C(c1ccccc1)c1ccc(Cl)cc1. The maximum Gasteiger partial charge on any atom is 0.399 e. The molecule has 2 aromatic carbocycles. The van der Waals surface area contributed by atoms with Crippen LogP contribution in [0.1, 0.15) is 17.0 Å². The van der Waals surface area contributed by atoms with Gasteiger partial charge in [-0.15, -0.1) is 0 Å². The Labute approximate surface area is 108 Å². The van der Waals surface area contributed by atoms with Gasteiger partial charge in [-0.2, -0.15) is 13.2 Å². The van der Waals surface area contributed by atoms with Crippen molar-refractivity contribution in [2.75, 3.05) is 0 Å². The van der Waals surface area contributed by atoms with Crippen LogP contribution in [0.15, 0.2) is 54.6 Å². The van der Waals surface area contributed by atoms with E-state index in [1.54, 1.807) is 18.2 Å². The molecule has 0 aliphatic carbocycles. The largest absolute Gasteiger partial charge is 0.399 e. The predicted molar refractivity (Wildman–Crippen MR) is 65.8 cm³/mol. The highest BCUT2D eigenvalue weighted by molar-refractivity contribution is 6.30. The smallest absolute Gasteiger partial charge is 0.170 e. The average Bonchev–Trinajstić information content (AvgIpc) is 2.32. The van der Waals surface area contributed by atoms with E-state index >= 15 is 0 Å². The van der Waals surface area contributed by atoms with E-state index in [-0.39, 0.29) is 11.1 Å². The third-order valence-corrected chi connectivity index (χ3v) is 2.92. The second-order valence-electron chi connectivity index (χ2n) is 3.94. The highest BCUT2D eigenvalue weighted by Gasteiger charge is 2.41. The van der Waals surface area contributed by atoms with E-state index in [4.69, 9.17) is 11.6 Å². The minimum Gasteiger partial charge on any atom is -0.170 e. The molecule has 0 aliphatic rings. The molecule has 0 nitrogen and oxygen atoms in total. The van der Waals surface area contributed by atoms with Crippen LogP contribution in [-0.4, -0.2) is 6.18 Å². The van der Waals surface area contributed by atoms with Crippen molar-refractivity contribution in [3.63, 3.8) is 0 Å². The summed E-state index contributed by atoms with van der Waals surface area (Å²) in [6.45, 7) is 0. The molecule has 0 aliphatic heterocycles. The molecule has 0 spiro atoms. The van der Waals surface area contributed by atoms with Crippen molar-refractivity contribution in [1.29, 1.82) is 0 Å². The summed E-state index contributed by atoms with van der Waals surface area (Å²) in [6, 6.07) is 13.6. The molecule has 0 amide bonds. The van der Waals surface area contributed by atoms with Crippen LogP contribution in [0.3, 0.4) is 0 Å². The van der Waals surface area contributed by atoms with Crippen LogP contribution in [0.2, 0.25) is 5.02 Å². The monoisotopic (exact) mass is 270 g/mol. The van der Waals surface area contributed by atoms with Crippen molar-refractivity contribution in [2.45, 2.75) is 12.1 Å². The van der Waals surface area contributed by atoms with E-state index in [0.29, 0.717) is 5.02 Å². The minimum absolute atomic E-state index is 0.193. The lowest BCUT2D eigenvalue weighted by molar-refractivity contribution is -0.141. The molecular formula is C14H10ClF3. The van der Waals surface area contributed by atoms with Crippen LogP contribution in [0, 0.1) is 0 Å². The summed E-state index contributed by atoms with van der Waals surface area (Å²) in [4.78, 5) is 0. The van der Waals surface area contributed by atoms with Crippen LogP contribution >= 0.6 is 11.6 Å². The van der Waals surface area contributed by atoms with Crippen LogP contribution < -0.4 is 0 Å². The van der Waals surface area contributed by atoms with Gasteiger partial charge in [0.1, 0.15) is 5.92 Å². The van der Waals surface area contributed by atoms with Gasteiger partial charge in [-0.3, -0.25) is 0 Å². The zero-order chi connectivity index (χ0) is 13.2. The minimum atomic E-state index is -4.32. The lowest BCUT2D eigenvalue weighted by Gasteiger charge is -2.21. The van der Waals surface area contributed by atoms with Gasteiger partial charge in [0.15, 0.2) is 0 Å². The van der Waals surface area contributed by atoms with Gasteiger partial charge in [-0.25, -0.2) is 0 Å². The van der Waals surface area contributed by atoms with Gasteiger partial charge in [0, 0.05) is 5.02 Å². The van der Waals surface area contributed by atoms with Crippen molar-refractivity contribution < 1.29 is 13.2 Å². The van der Waals surface area contributed by atoms with Crippen LogP contribution in [0.4, 0.5) is 13.2 Å². The van der Waals surface area contributed by atoms with Gasteiger partial charge >= 0.3 is 6.18 Å². The van der Waals surface area contributed by atoms with E-state index in [0.717, 1.165) is 0 Å². The molecule has 94 valence electrons. The first-order valence-corrected chi connectivity index (χ1v) is 5.73. The Balaban J connectivity index is 2.47. The third kappa shape index (κ3) is 2.85. The summed E-state index contributed by atoms with van der Waals surface area (Å²) >= 11 is 5.70. The molecule has 1 atom stereocenters. The second-order valence-corrected chi connectivity index (χ2v) is 4.37. The summed E-state index contributed by atoms with van der Waals surface area (Å²) in [5.41, 5.74) is 0.422. The number of hydrogen-bond donors (Lipinski definition) is 0. The second kappa shape index (κ2) is 5.02. The number of halogens is 4. The van der Waals surface area contributed by atoms with Crippen LogP contribution in [0.25, 0.3) is 0 Å². The lowest BCUT2D eigenvalue weighted by atomic mass is 9.91. The average molecular weight is 271 g/mol. The third-order valence-electron chi connectivity index (χ3n) is 2.66. The fourth-order valence-electron chi connectivity index (χ4n) is 1.87. The molecular weight excluding hydrogens is 261 g/mol. The topological polar surface area (TPSA) is 0 Å². The molecule has 1 unspecified atom stereocenters. The lowest BCUT2D eigenvalue weighted by Crippen LogP contribution is -2.21. The summed E-state index contributed by atoms with van der Waals surface area (Å²) in [6.07, 6.45) is -4.32. The van der Waals surface area contributed by atoms with Gasteiger partial charge in [-0.05, 0) is 23.3 Å². The normalized spacial score (nSPS) is 13.3. The van der Waals surface area contributed by atoms with Gasteiger partial charge < -0.3 is 0 Å². The highest BCUT2D eigenvalue weighted by Crippen LogP contribution is 2.40. The Kier molecular flexibility index (Phi) is 3.62. The number of alkyl halides is 3. The van der Waals surface area contributed by atoms with Crippen molar-refractivity contribution >= 4 is 11.6 Å². The molecule has 18 heavy (non-hydrogen) atoms. The molecule has 0 N–H and O–H groups in total. The van der Waals surface area contributed by atoms with Crippen molar-refractivity contribution in [3.05, 3.63) is 70.7 Å². The van der Waals surface area contributed by atoms with Crippen molar-refractivity contribution in [2.24, 2.45) is 0 Å². The molecule has 4 heteroatoms. The van der Waals surface area contributed by atoms with Gasteiger partial charge in [-0.1, -0.05) is 54.1 Å². The maximum absolute atomic E-state index is 13.2. The summed E-state index contributed by atoms with van der Waals surface area (Å²) in [7, 11) is 0. The van der Waals surface area contributed by atoms with E-state index in [9.17, 15) is 13.2 Å². The zero-order valence-corrected chi connectivity index (χ0v) is 10.0. The Hall–Kier alpha value is -1.48. The van der Waals surface area contributed by atoms with Crippen molar-refractivity contribution in [3.8, 4) is 0 Å². The Morgan fingerprint density at radius 1 is 0.778 bits per heavy atom. The molecule has 0 saturated carbocycles. The summed E-state index contributed by atoms with van der Waals surface area (Å²) in [5.74, 6) is -1.61. The Morgan fingerprint density at radius 3 is 1.78 bits per heavy atom. The molecule has 2 aromatic rings. The molecule has 0 radical (unpaired) electrons. The number of hydrogen-bond acceptors (Lipinski definition) is 0. The summed E-state index contributed by atoms with van der Waals surface area (Å²) in [5, 5.41) is 0.424. The van der Waals surface area contributed by atoms with Gasteiger partial charge in [0.2, 0.25) is 0 Å². The molecule has 0 heterocycles.